The molecular weight excluding hydrogens is 304 g/mol. The third-order valence-electron chi connectivity index (χ3n) is 3.82. The van der Waals surface area contributed by atoms with Gasteiger partial charge in [0.1, 0.15) is 0 Å². The molecule has 1 heterocycles. The van der Waals surface area contributed by atoms with E-state index in [-0.39, 0.29) is 24.2 Å². The Hall–Kier alpha value is -1.85. The number of aliphatic hydroxyl groups is 1. The molecule has 1 saturated carbocycles. The zero-order valence-corrected chi connectivity index (χ0v) is 12.7. The topological polar surface area (TPSA) is 75.4 Å². The second kappa shape index (κ2) is 6.50. The Bertz CT molecular complexity index is 650. The highest BCUT2D eigenvalue weighted by atomic mass is 35.5. The van der Waals surface area contributed by atoms with Crippen LogP contribution in [-0.4, -0.2) is 28.8 Å². The van der Waals surface area contributed by atoms with Gasteiger partial charge in [-0.2, -0.15) is 0 Å². The van der Waals surface area contributed by atoms with Gasteiger partial charge in [0.2, 0.25) is 0 Å². The van der Waals surface area contributed by atoms with Crippen molar-refractivity contribution in [3.8, 4) is 11.3 Å². The van der Waals surface area contributed by atoms with Crippen LogP contribution in [0.3, 0.4) is 0 Å². The van der Waals surface area contributed by atoms with Crippen molar-refractivity contribution in [1.29, 1.82) is 0 Å². The van der Waals surface area contributed by atoms with Crippen LogP contribution in [0.15, 0.2) is 34.9 Å². The zero-order valence-electron chi connectivity index (χ0n) is 12.0. The molecule has 1 aromatic heterocycles. The first kappa shape index (κ1) is 15.1. The minimum Gasteiger partial charge on any atom is -0.396 e. The van der Waals surface area contributed by atoms with Gasteiger partial charge in [-0.3, -0.25) is 4.79 Å². The Morgan fingerprint density at radius 1 is 1.41 bits per heavy atom. The zero-order chi connectivity index (χ0) is 15.5. The van der Waals surface area contributed by atoms with Crippen LogP contribution in [0, 0.1) is 5.92 Å². The van der Waals surface area contributed by atoms with E-state index in [0.29, 0.717) is 23.1 Å². The number of nitrogens with zero attached hydrogens (tertiary/aromatic N) is 1. The van der Waals surface area contributed by atoms with Gasteiger partial charge in [-0.15, -0.1) is 0 Å². The minimum atomic E-state index is -0.269. The van der Waals surface area contributed by atoms with Crippen LogP contribution >= 0.6 is 11.6 Å². The van der Waals surface area contributed by atoms with E-state index in [4.69, 9.17) is 21.2 Å². The van der Waals surface area contributed by atoms with Crippen LogP contribution < -0.4 is 5.32 Å². The highest BCUT2D eigenvalue weighted by Gasteiger charge is 2.32. The average Bonchev–Trinajstić information content (AvgIpc) is 3.24. The number of hydrogen-bond acceptors (Lipinski definition) is 4. The number of hydrogen-bond donors (Lipinski definition) is 2. The predicted octanol–water partition coefficient (Wildman–Crippen LogP) is 2.89. The smallest absolute Gasteiger partial charge is 0.273 e. The summed E-state index contributed by atoms with van der Waals surface area (Å²) in [5.74, 6) is 0.722. The fourth-order valence-corrected chi connectivity index (χ4v) is 2.56. The van der Waals surface area contributed by atoms with E-state index in [9.17, 15) is 4.79 Å². The number of benzene rings is 1. The summed E-state index contributed by atoms with van der Waals surface area (Å²) < 4.78 is 5.23. The van der Waals surface area contributed by atoms with E-state index in [1.165, 1.54) is 0 Å². The van der Waals surface area contributed by atoms with Crippen molar-refractivity contribution in [3.63, 3.8) is 0 Å². The molecular formula is C16H17ClN2O3. The lowest BCUT2D eigenvalue weighted by Crippen LogP contribution is -2.37. The average molecular weight is 321 g/mol. The lowest BCUT2D eigenvalue weighted by molar-refractivity contribution is 0.0915. The number of carbonyl (C=O) groups excluding carboxylic acids is 1. The fourth-order valence-electron chi connectivity index (χ4n) is 2.44. The van der Waals surface area contributed by atoms with E-state index in [2.05, 4.69) is 10.5 Å². The molecule has 1 aromatic carbocycles. The molecule has 0 radical (unpaired) electrons. The summed E-state index contributed by atoms with van der Waals surface area (Å²) in [6.07, 6.45) is 2.76. The lowest BCUT2D eigenvalue weighted by Gasteiger charge is -2.15. The molecule has 2 aromatic rings. The molecule has 0 aliphatic heterocycles. The molecule has 1 fully saturated rings. The number of amides is 1. The fraction of sp³-hybridized carbons (Fsp3) is 0.375. The molecule has 1 aliphatic carbocycles. The van der Waals surface area contributed by atoms with Crippen molar-refractivity contribution in [3.05, 3.63) is 41.0 Å². The first-order chi connectivity index (χ1) is 10.7. The van der Waals surface area contributed by atoms with Crippen molar-refractivity contribution >= 4 is 17.5 Å². The van der Waals surface area contributed by atoms with E-state index in [1.807, 2.05) is 12.1 Å². The Labute approximate surface area is 133 Å². The van der Waals surface area contributed by atoms with Gasteiger partial charge in [0, 0.05) is 29.3 Å². The van der Waals surface area contributed by atoms with Gasteiger partial charge in [-0.25, -0.2) is 0 Å². The highest BCUT2D eigenvalue weighted by molar-refractivity contribution is 6.30. The van der Waals surface area contributed by atoms with E-state index in [1.54, 1.807) is 18.2 Å². The number of aliphatic hydroxyl groups excluding tert-OH is 1. The van der Waals surface area contributed by atoms with Gasteiger partial charge in [0.25, 0.3) is 5.91 Å². The normalized spacial score (nSPS) is 15.5. The number of rotatable bonds is 6. The van der Waals surface area contributed by atoms with Crippen molar-refractivity contribution in [2.24, 2.45) is 5.92 Å². The summed E-state index contributed by atoms with van der Waals surface area (Å²) in [7, 11) is 0. The Morgan fingerprint density at radius 2 is 2.14 bits per heavy atom. The summed E-state index contributed by atoms with van der Waals surface area (Å²) in [5, 5.41) is 16.5. The first-order valence-electron chi connectivity index (χ1n) is 7.32. The third-order valence-corrected chi connectivity index (χ3v) is 4.07. The molecule has 1 unspecified atom stereocenters. The Balaban J connectivity index is 1.69. The molecule has 1 amide bonds. The van der Waals surface area contributed by atoms with Crippen LogP contribution in [0.5, 0.6) is 0 Å². The van der Waals surface area contributed by atoms with Crippen LogP contribution in [0.2, 0.25) is 5.02 Å². The molecule has 1 atom stereocenters. The van der Waals surface area contributed by atoms with E-state index < -0.39 is 0 Å². The second-order valence-corrected chi connectivity index (χ2v) is 5.95. The molecule has 0 spiro atoms. The van der Waals surface area contributed by atoms with Gasteiger partial charge in [0.15, 0.2) is 11.5 Å². The standard InChI is InChI=1S/C16H17ClN2O3/c17-12-5-3-11(4-6-12)15-9-14(19-22-15)16(21)18-13(7-8-20)10-1-2-10/h3-6,9-10,13,20H,1-2,7-8H2,(H,18,21). The Morgan fingerprint density at radius 3 is 2.77 bits per heavy atom. The number of carbonyl (C=O) groups is 1. The summed E-state index contributed by atoms with van der Waals surface area (Å²) >= 11 is 5.85. The van der Waals surface area contributed by atoms with Crippen molar-refractivity contribution in [2.45, 2.75) is 25.3 Å². The largest absolute Gasteiger partial charge is 0.396 e. The van der Waals surface area contributed by atoms with Crippen LogP contribution in [0.25, 0.3) is 11.3 Å². The quantitative estimate of drug-likeness (QED) is 0.858. The maximum Gasteiger partial charge on any atom is 0.273 e. The number of halogens is 1. The van der Waals surface area contributed by atoms with Crippen LogP contribution in [0.4, 0.5) is 0 Å². The maximum absolute atomic E-state index is 12.2. The molecule has 3 rings (SSSR count). The number of aromatic nitrogens is 1. The second-order valence-electron chi connectivity index (χ2n) is 5.51. The van der Waals surface area contributed by atoms with Crippen molar-refractivity contribution in [1.82, 2.24) is 10.5 Å². The van der Waals surface area contributed by atoms with Gasteiger partial charge in [-0.1, -0.05) is 16.8 Å². The molecule has 0 saturated heterocycles. The third kappa shape index (κ3) is 3.48. The van der Waals surface area contributed by atoms with Gasteiger partial charge >= 0.3 is 0 Å². The summed E-state index contributed by atoms with van der Waals surface area (Å²) in [4.78, 5) is 12.2. The summed E-state index contributed by atoms with van der Waals surface area (Å²) in [5.41, 5.74) is 1.05. The number of nitrogens with one attached hydrogen (secondary N) is 1. The summed E-state index contributed by atoms with van der Waals surface area (Å²) in [6.45, 7) is 0.0658. The monoisotopic (exact) mass is 320 g/mol. The molecule has 0 bridgehead atoms. The molecule has 1 aliphatic rings. The van der Waals surface area contributed by atoms with Gasteiger partial charge in [-0.05, 0) is 49.4 Å². The molecule has 2 N–H and O–H groups in total. The highest BCUT2D eigenvalue weighted by Crippen LogP contribution is 2.34. The van der Waals surface area contributed by atoms with Crippen LogP contribution in [0.1, 0.15) is 29.8 Å². The van der Waals surface area contributed by atoms with E-state index in [0.717, 1.165) is 18.4 Å². The van der Waals surface area contributed by atoms with Crippen LogP contribution in [-0.2, 0) is 0 Å². The SMILES string of the molecule is O=C(NC(CCO)C1CC1)c1cc(-c2ccc(Cl)cc2)on1. The molecule has 22 heavy (non-hydrogen) atoms. The maximum atomic E-state index is 12.2. The Kier molecular flexibility index (Phi) is 4.45. The predicted molar refractivity (Wildman–Crippen MR) is 82.6 cm³/mol. The molecule has 6 heteroatoms. The van der Waals surface area contributed by atoms with Crippen molar-refractivity contribution in [2.75, 3.05) is 6.61 Å². The minimum absolute atomic E-state index is 0.00758. The summed E-state index contributed by atoms with van der Waals surface area (Å²) in [6, 6.07) is 8.74. The molecule has 5 nitrogen and oxygen atoms in total. The van der Waals surface area contributed by atoms with Gasteiger partial charge in [0.05, 0.1) is 0 Å². The van der Waals surface area contributed by atoms with Crippen molar-refractivity contribution < 1.29 is 14.4 Å². The first-order valence-corrected chi connectivity index (χ1v) is 7.69. The lowest BCUT2D eigenvalue weighted by atomic mass is 10.1. The van der Waals surface area contributed by atoms with Gasteiger partial charge < -0.3 is 14.9 Å². The van der Waals surface area contributed by atoms with E-state index >= 15 is 0 Å². The molecule has 116 valence electrons.